The molecule has 0 spiro atoms. The summed E-state index contributed by atoms with van der Waals surface area (Å²) in [6.07, 6.45) is 3.64. The van der Waals surface area contributed by atoms with Gasteiger partial charge in [0.25, 0.3) is 5.91 Å². The van der Waals surface area contributed by atoms with E-state index in [4.69, 9.17) is 4.42 Å². The van der Waals surface area contributed by atoms with Crippen molar-refractivity contribution < 1.29 is 14.0 Å². The van der Waals surface area contributed by atoms with Crippen LogP contribution in [-0.2, 0) is 17.6 Å². The Morgan fingerprint density at radius 1 is 1.32 bits per heavy atom. The van der Waals surface area contributed by atoms with Crippen molar-refractivity contribution in [3.05, 3.63) is 70.1 Å². The van der Waals surface area contributed by atoms with Crippen molar-refractivity contribution in [2.24, 2.45) is 0 Å². The number of carbonyl (C=O) groups is 2. The average molecular weight is 395 g/mol. The third-order valence-electron chi connectivity index (χ3n) is 5.17. The van der Waals surface area contributed by atoms with Crippen LogP contribution in [0.5, 0.6) is 0 Å². The molecule has 3 aromatic rings. The van der Waals surface area contributed by atoms with Gasteiger partial charge in [-0.3, -0.25) is 14.9 Å². The van der Waals surface area contributed by atoms with Gasteiger partial charge in [-0.05, 0) is 37.0 Å². The largest absolute Gasteiger partial charge is 0.469 e. The lowest BCUT2D eigenvalue weighted by Crippen LogP contribution is -2.31. The number of anilines is 1. The standard InChI is InChI=1S/C21H21N3O3S/c1-13-16(9-10-27-13)20(26)23-21-22-15(12-28-21)11-19(25)24(2)18-8-7-14-5-3-4-6-17(14)18/h3-6,9-10,12,18H,7-8,11H2,1-2H3,(H,22,23,26)/t18-/m0/s1. The number of likely N-dealkylation sites (N-methyl/N-ethyl adjacent to an activating group) is 1. The summed E-state index contributed by atoms with van der Waals surface area (Å²) >= 11 is 1.31. The molecule has 2 aromatic heterocycles. The van der Waals surface area contributed by atoms with E-state index in [9.17, 15) is 9.59 Å². The molecule has 0 aliphatic heterocycles. The van der Waals surface area contributed by atoms with E-state index in [0.717, 1.165) is 12.8 Å². The summed E-state index contributed by atoms with van der Waals surface area (Å²) in [5.74, 6) is 0.316. The zero-order valence-electron chi connectivity index (χ0n) is 15.8. The lowest BCUT2D eigenvalue weighted by atomic mass is 10.1. The van der Waals surface area contributed by atoms with Crippen molar-refractivity contribution in [3.8, 4) is 0 Å². The summed E-state index contributed by atoms with van der Waals surface area (Å²) in [5, 5.41) is 5.05. The van der Waals surface area contributed by atoms with Crippen molar-refractivity contribution in [3.63, 3.8) is 0 Å². The van der Waals surface area contributed by atoms with Crippen molar-refractivity contribution in [1.82, 2.24) is 9.88 Å². The topological polar surface area (TPSA) is 75.4 Å². The molecule has 1 aliphatic carbocycles. The van der Waals surface area contributed by atoms with Gasteiger partial charge in [0.2, 0.25) is 5.91 Å². The average Bonchev–Trinajstić information content (AvgIpc) is 3.41. The molecule has 6 nitrogen and oxygen atoms in total. The molecule has 1 atom stereocenters. The number of rotatable bonds is 5. The second kappa shape index (κ2) is 7.59. The number of nitrogens with zero attached hydrogens (tertiary/aromatic N) is 2. The summed E-state index contributed by atoms with van der Waals surface area (Å²) in [4.78, 5) is 31.2. The molecule has 4 rings (SSSR count). The normalized spacial score (nSPS) is 15.3. The van der Waals surface area contributed by atoms with Crippen molar-refractivity contribution in [1.29, 1.82) is 0 Å². The van der Waals surface area contributed by atoms with Crippen LogP contribution < -0.4 is 5.32 Å². The molecule has 28 heavy (non-hydrogen) atoms. The van der Waals surface area contributed by atoms with E-state index in [1.165, 1.54) is 28.7 Å². The van der Waals surface area contributed by atoms with E-state index in [0.29, 0.717) is 22.1 Å². The Bertz CT molecular complexity index is 1020. The number of furan rings is 1. The molecule has 0 saturated heterocycles. The summed E-state index contributed by atoms with van der Waals surface area (Å²) in [6.45, 7) is 1.73. The Kier molecular flexibility index (Phi) is 5.00. The first-order valence-corrected chi connectivity index (χ1v) is 10.0. The first-order chi connectivity index (χ1) is 13.5. The van der Waals surface area contributed by atoms with Gasteiger partial charge in [-0.25, -0.2) is 4.98 Å². The second-order valence-electron chi connectivity index (χ2n) is 6.92. The van der Waals surface area contributed by atoms with Gasteiger partial charge in [-0.1, -0.05) is 24.3 Å². The van der Waals surface area contributed by atoms with Crippen molar-refractivity contribution in [2.45, 2.75) is 32.2 Å². The number of hydrogen-bond acceptors (Lipinski definition) is 5. The molecule has 0 fully saturated rings. The molecular weight excluding hydrogens is 374 g/mol. The lowest BCUT2D eigenvalue weighted by Gasteiger charge is -2.25. The Morgan fingerprint density at radius 3 is 2.93 bits per heavy atom. The molecule has 0 unspecified atom stereocenters. The van der Waals surface area contributed by atoms with Gasteiger partial charge in [0.15, 0.2) is 5.13 Å². The maximum Gasteiger partial charge on any atom is 0.260 e. The molecule has 144 valence electrons. The van der Waals surface area contributed by atoms with Gasteiger partial charge in [0.05, 0.1) is 30.0 Å². The Morgan fingerprint density at radius 2 is 2.14 bits per heavy atom. The minimum absolute atomic E-state index is 0.0237. The molecule has 1 N–H and O–H groups in total. The number of fused-ring (bicyclic) bond motifs is 1. The Hall–Kier alpha value is -2.93. The van der Waals surface area contributed by atoms with Crippen LogP contribution in [0.25, 0.3) is 0 Å². The highest BCUT2D eigenvalue weighted by Gasteiger charge is 2.28. The number of amides is 2. The van der Waals surface area contributed by atoms with Crippen LogP contribution in [0.2, 0.25) is 0 Å². The molecule has 0 bridgehead atoms. The highest BCUT2D eigenvalue weighted by atomic mass is 32.1. The van der Waals surface area contributed by atoms with Crippen LogP contribution in [0.3, 0.4) is 0 Å². The van der Waals surface area contributed by atoms with Gasteiger partial charge in [0, 0.05) is 12.4 Å². The predicted octanol–water partition coefficient (Wildman–Crippen LogP) is 3.99. The van der Waals surface area contributed by atoms with Crippen molar-refractivity contribution in [2.75, 3.05) is 12.4 Å². The molecular formula is C21H21N3O3S. The number of benzene rings is 1. The number of aromatic nitrogens is 1. The fraction of sp³-hybridized carbons (Fsp3) is 0.286. The van der Waals surface area contributed by atoms with Gasteiger partial charge in [-0.15, -0.1) is 11.3 Å². The maximum atomic E-state index is 12.8. The van der Waals surface area contributed by atoms with Crippen molar-refractivity contribution >= 4 is 28.3 Å². The van der Waals surface area contributed by atoms with Crippen LogP contribution in [0.1, 0.15) is 45.4 Å². The highest BCUT2D eigenvalue weighted by Crippen LogP contribution is 2.35. The zero-order valence-corrected chi connectivity index (χ0v) is 16.6. The van der Waals surface area contributed by atoms with Gasteiger partial charge in [-0.2, -0.15) is 0 Å². The fourth-order valence-corrected chi connectivity index (χ4v) is 4.33. The number of aryl methyl sites for hydroxylation is 2. The smallest absolute Gasteiger partial charge is 0.260 e. The Balaban J connectivity index is 1.39. The van der Waals surface area contributed by atoms with E-state index in [2.05, 4.69) is 22.4 Å². The van der Waals surface area contributed by atoms with Crippen LogP contribution in [0, 0.1) is 6.92 Å². The van der Waals surface area contributed by atoms with E-state index < -0.39 is 0 Å². The number of thiazole rings is 1. The van der Waals surface area contributed by atoms with Crippen LogP contribution in [-0.4, -0.2) is 28.7 Å². The molecule has 1 aromatic carbocycles. The first-order valence-electron chi connectivity index (χ1n) is 9.16. The molecule has 2 amide bonds. The highest BCUT2D eigenvalue weighted by molar-refractivity contribution is 7.14. The quantitative estimate of drug-likeness (QED) is 0.709. The third kappa shape index (κ3) is 3.57. The number of hydrogen-bond donors (Lipinski definition) is 1. The molecule has 7 heteroatoms. The minimum atomic E-state index is -0.266. The minimum Gasteiger partial charge on any atom is -0.469 e. The first kappa shape index (κ1) is 18.4. The molecule has 0 radical (unpaired) electrons. The predicted molar refractivity (Wildman–Crippen MR) is 107 cm³/mol. The van der Waals surface area contributed by atoms with E-state index in [1.807, 2.05) is 29.5 Å². The van der Waals surface area contributed by atoms with E-state index in [-0.39, 0.29) is 24.3 Å². The summed E-state index contributed by atoms with van der Waals surface area (Å²) in [5.41, 5.74) is 3.69. The summed E-state index contributed by atoms with van der Waals surface area (Å²) < 4.78 is 5.15. The number of nitrogens with one attached hydrogen (secondary N) is 1. The second-order valence-corrected chi connectivity index (χ2v) is 7.78. The van der Waals surface area contributed by atoms with Crippen LogP contribution in [0.4, 0.5) is 5.13 Å². The summed E-state index contributed by atoms with van der Waals surface area (Å²) in [6, 6.07) is 10.0. The Labute approximate surface area is 167 Å². The van der Waals surface area contributed by atoms with Crippen LogP contribution >= 0.6 is 11.3 Å². The maximum absolute atomic E-state index is 12.8. The third-order valence-corrected chi connectivity index (χ3v) is 5.98. The fourth-order valence-electron chi connectivity index (χ4n) is 3.62. The SMILES string of the molecule is Cc1occc1C(=O)Nc1nc(CC(=O)N(C)[C@H]2CCc3ccccc32)cs1. The summed E-state index contributed by atoms with van der Waals surface area (Å²) in [7, 11) is 1.85. The monoisotopic (exact) mass is 395 g/mol. The van der Waals surface area contributed by atoms with E-state index in [1.54, 1.807) is 13.0 Å². The zero-order chi connectivity index (χ0) is 19.7. The molecule has 0 saturated carbocycles. The van der Waals surface area contributed by atoms with Gasteiger partial charge >= 0.3 is 0 Å². The molecule has 2 heterocycles. The number of carbonyl (C=O) groups excluding carboxylic acids is 2. The van der Waals surface area contributed by atoms with Gasteiger partial charge in [0.1, 0.15) is 5.76 Å². The van der Waals surface area contributed by atoms with E-state index >= 15 is 0 Å². The van der Waals surface area contributed by atoms with Gasteiger partial charge < -0.3 is 9.32 Å². The van der Waals surface area contributed by atoms with Crippen LogP contribution in [0.15, 0.2) is 46.4 Å². The molecule has 1 aliphatic rings. The lowest BCUT2D eigenvalue weighted by molar-refractivity contribution is -0.131.